The quantitative estimate of drug-likeness (QED) is 0.801. The van der Waals surface area contributed by atoms with E-state index in [2.05, 4.69) is 16.3 Å². The lowest BCUT2D eigenvalue weighted by atomic mass is 10.2. The molecule has 0 saturated heterocycles. The van der Waals surface area contributed by atoms with Crippen molar-refractivity contribution in [2.24, 2.45) is 0 Å². The fraction of sp³-hybridized carbons (Fsp3) is 0.286. The molecular formula is C14H15N3OS2. The highest BCUT2D eigenvalue weighted by molar-refractivity contribution is 7.86. The molecule has 0 N–H and O–H groups in total. The van der Waals surface area contributed by atoms with E-state index in [1.807, 2.05) is 37.3 Å². The number of nitrogens with zero attached hydrogens (tertiary/aromatic N) is 3. The third-order valence-electron chi connectivity index (χ3n) is 3.35. The van der Waals surface area contributed by atoms with Crippen LogP contribution in [0.2, 0.25) is 0 Å². The summed E-state index contributed by atoms with van der Waals surface area (Å²) in [6.45, 7) is 4.75. The summed E-state index contributed by atoms with van der Waals surface area (Å²) < 4.78 is 18.4. The molecule has 2 heterocycles. The van der Waals surface area contributed by atoms with Gasteiger partial charge in [0.25, 0.3) is 0 Å². The molecule has 1 aromatic heterocycles. The summed E-state index contributed by atoms with van der Waals surface area (Å²) in [5, 5.41) is 0.863. The molecular weight excluding hydrogens is 290 g/mol. The first-order chi connectivity index (χ1) is 9.65. The summed E-state index contributed by atoms with van der Waals surface area (Å²) in [5.74, 6) is 1.14. The molecule has 3 rings (SSSR count). The molecule has 1 aliphatic rings. The zero-order chi connectivity index (χ0) is 14.1. The second-order valence-electron chi connectivity index (χ2n) is 4.83. The molecule has 2 aromatic rings. The van der Waals surface area contributed by atoms with Gasteiger partial charge in [0.05, 0.1) is 12.3 Å². The molecule has 0 amide bonds. The van der Waals surface area contributed by atoms with Crippen molar-refractivity contribution in [1.82, 2.24) is 9.36 Å². The van der Waals surface area contributed by atoms with Crippen molar-refractivity contribution in [2.75, 3.05) is 16.6 Å². The SMILES string of the molecule is CC1=C(C)CS(=O)N(c2nsc(-c3ccccc3)n2)C1. The fourth-order valence-electron chi connectivity index (χ4n) is 1.99. The third-order valence-corrected chi connectivity index (χ3v) is 5.57. The number of aromatic nitrogens is 2. The third kappa shape index (κ3) is 2.53. The number of rotatable bonds is 2. The average Bonchev–Trinajstić information content (AvgIpc) is 2.93. The van der Waals surface area contributed by atoms with E-state index in [4.69, 9.17) is 0 Å². The highest BCUT2D eigenvalue weighted by Crippen LogP contribution is 2.27. The summed E-state index contributed by atoms with van der Waals surface area (Å²) in [6.07, 6.45) is 0. The maximum atomic E-state index is 12.2. The van der Waals surface area contributed by atoms with Gasteiger partial charge in [-0.2, -0.15) is 9.36 Å². The van der Waals surface area contributed by atoms with Gasteiger partial charge in [-0.3, -0.25) is 4.31 Å². The van der Waals surface area contributed by atoms with Crippen LogP contribution in [0.5, 0.6) is 0 Å². The van der Waals surface area contributed by atoms with Crippen LogP contribution in [-0.4, -0.2) is 25.9 Å². The smallest absolute Gasteiger partial charge is 0.250 e. The molecule has 0 fully saturated rings. The van der Waals surface area contributed by atoms with Gasteiger partial charge < -0.3 is 0 Å². The number of hydrogen-bond acceptors (Lipinski definition) is 4. The zero-order valence-electron chi connectivity index (χ0n) is 11.4. The van der Waals surface area contributed by atoms with Gasteiger partial charge in [-0.1, -0.05) is 41.5 Å². The largest absolute Gasteiger partial charge is 0.254 e. The highest BCUT2D eigenvalue weighted by atomic mass is 32.2. The summed E-state index contributed by atoms with van der Waals surface area (Å²) >= 11 is 1.35. The van der Waals surface area contributed by atoms with Crippen molar-refractivity contribution < 1.29 is 4.21 Å². The van der Waals surface area contributed by atoms with E-state index in [1.54, 1.807) is 4.31 Å². The molecule has 0 spiro atoms. The predicted molar refractivity (Wildman–Crippen MR) is 84.1 cm³/mol. The topological polar surface area (TPSA) is 46.1 Å². The van der Waals surface area contributed by atoms with Gasteiger partial charge in [-0.25, -0.2) is 4.21 Å². The molecule has 1 unspecified atom stereocenters. The number of anilines is 1. The van der Waals surface area contributed by atoms with Crippen LogP contribution in [-0.2, 0) is 11.0 Å². The van der Waals surface area contributed by atoms with E-state index in [-0.39, 0.29) is 0 Å². The zero-order valence-corrected chi connectivity index (χ0v) is 13.0. The molecule has 0 saturated carbocycles. The fourth-order valence-corrected chi connectivity index (χ4v) is 4.08. The van der Waals surface area contributed by atoms with E-state index in [0.29, 0.717) is 18.2 Å². The van der Waals surface area contributed by atoms with E-state index in [1.165, 1.54) is 22.7 Å². The average molecular weight is 305 g/mol. The number of hydrogen-bond donors (Lipinski definition) is 0. The Morgan fingerprint density at radius 3 is 2.70 bits per heavy atom. The minimum Gasteiger partial charge on any atom is -0.254 e. The summed E-state index contributed by atoms with van der Waals surface area (Å²) in [7, 11) is -1.07. The lowest BCUT2D eigenvalue weighted by Gasteiger charge is -2.26. The highest BCUT2D eigenvalue weighted by Gasteiger charge is 2.24. The molecule has 1 aromatic carbocycles. The molecule has 1 atom stereocenters. The molecule has 0 aliphatic carbocycles. The number of benzene rings is 1. The Balaban J connectivity index is 1.90. The summed E-state index contributed by atoms with van der Waals surface area (Å²) in [6, 6.07) is 9.94. The lowest BCUT2D eigenvalue weighted by Crippen LogP contribution is -2.34. The van der Waals surface area contributed by atoms with Crippen molar-refractivity contribution in [3.63, 3.8) is 0 Å². The Morgan fingerprint density at radius 2 is 1.95 bits per heavy atom. The van der Waals surface area contributed by atoms with Gasteiger partial charge in [0, 0.05) is 5.56 Å². The van der Waals surface area contributed by atoms with Crippen molar-refractivity contribution >= 4 is 28.5 Å². The van der Waals surface area contributed by atoms with E-state index < -0.39 is 11.0 Å². The minimum atomic E-state index is -1.07. The first kappa shape index (κ1) is 13.5. The van der Waals surface area contributed by atoms with Gasteiger partial charge in [0.1, 0.15) is 16.0 Å². The minimum absolute atomic E-state index is 0.569. The Bertz CT molecular complexity index is 679. The van der Waals surface area contributed by atoms with Crippen LogP contribution >= 0.6 is 11.5 Å². The maximum Gasteiger partial charge on any atom is 0.250 e. The van der Waals surface area contributed by atoms with Gasteiger partial charge >= 0.3 is 0 Å². The van der Waals surface area contributed by atoms with Crippen LogP contribution in [0.1, 0.15) is 13.8 Å². The molecule has 20 heavy (non-hydrogen) atoms. The second kappa shape index (κ2) is 5.46. The van der Waals surface area contributed by atoms with Crippen LogP contribution in [0, 0.1) is 0 Å². The van der Waals surface area contributed by atoms with Gasteiger partial charge in [0.2, 0.25) is 5.95 Å². The van der Waals surface area contributed by atoms with Crippen molar-refractivity contribution in [3.8, 4) is 10.6 Å². The standard InChI is InChI=1S/C14H15N3OS2/c1-10-8-17(20(18)9-11(10)2)14-15-13(19-16-14)12-6-4-3-5-7-12/h3-7H,8-9H2,1-2H3. The Kier molecular flexibility index (Phi) is 3.67. The van der Waals surface area contributed by atoms with Crippen LogP contribution in [0.3, 0.4) is 0 Å². The molecule has 1 aliphatic heterocycles. The van der Waals surface area contributed by atoms with E-state index >= 15 is 0 Å². The Morgan fingerprint density at radius 1 is 1.20 bits per heavy atom. The molecule has 104 valence electrons. The molecule has 6 heteroatoms. The van der Waals surface area contributed by atoms with Gasteiger partial charge in [-0.05, 0) is 25.4 Å². The molecule has 4 nitrogen and oxygen atoms in total. The summed E-state index contributed by atoms with van der Waals surface area (Å²) in [5.41, 5.74) is 3.50. The Labute approximate surface area is 124 Å². The Hall–Kier alpha value is -1.53. The maximum absolute atomic E-state index is 12.2. The molecule has 0 radical (unpaired) electrons. The molecule has 0 bridgehead atoms. The van der Waals surface area contributed by atoms with Crippen LogP contribution in [0.25, 0.3) is 10.6 Å². The van der Waals surface area contributed by atoms with E-state index in [9.17, 15) is 4.21 Å². The van der Waals surface area contributed by atoms with Crippen molar-refractivity contribution in [2.45, 2.75) is 13.8 Å². The second-order valence-corrected chi connectivity index (χ2v) is 6.95. The lowest BCUT2D eigenvalue weighted by molar-refractivity contribution is 0.678. The first-order valence-electron chi connectivity index (χ1n) is 6.35. The van der Waals surface area contributed by atoms with Crippen LogP contribution in [0.15, 0.2) is 41.5 Å². The first-order valence-corrected chi connectivity index (χ1v) is 8.40. The van der Waals surface area contributed by atoms with Crippen molar-refractivity contribution in [1.29, 1.82) is 0 Å². The van der Waals surface area contributed by atoms with E-state index in [0.717, 1.165) is 10.6 Å². The van der Waals surface area contributed by atoms with Crippen LogP contribution < -0.4 is 4.31 Å². The van der Waals surface area contributed by atoms with Gasteiger partial charge in [-0.15, -0.1) is 0 Å². The van der Waals surface area contributed by atoms with Crippen molar-refractivity contribution in [3.05, 3.63) is 41.5 Å². The predicted octanol–water partition coefficient (Wildman–Crippen LogP) is 3.03. The normalized spacial score (nSPS) is 19.5. The monoisotopic (exact) mass is 305 g/mol. The van der Waals surface area contributed by atoms with Gasteiger partial charge in [0.15, 0.2) is 0 Å². The van der Waals surface area contributed by atoms with Crippen LogP contribution in [0.4, 0.5) is 5.95 Å². The summed E-state index contributed by atoms with van der Waals surface area (Å²) in [4.78, 5) is 4.53.